The number of nitrogens with one attached hydrogen (secondary N) is 1. The summed E-state index contributed by atoms with van der Waals surface area (Å²) in [4.78, 5) is 3.97. The molecule has 0 saturated carbocycles. The third-order valence-electron chi connectivity index (χ3n) is 1.87. The van der Waals surface area contributed by atoms with E-state index in [1.807, 2.05) is 31.6 Å². The number of rotatable bonds is 3. The number of hydrogen-bond donors (Lipinski definition) is 1. The Kier molecular flexibility index (Phi) is 3.05. The molecule has 0 aliphatic heterocycles. The summed E-state index contributed by atoms with van der Waals surface area (Å²) in [6, 6.07) is 4.56. The third kappa shape index (κ3) is 2.02. The monoisotopic (exact) mass is 150 g/mol. The van der Waals surface area contributed by atoms with E-state index in [9.17, 15) is 0 Å². The van der Waals surface area contributed by atoms with Crippen LogP contribution in [-0.2, 0) is 0 Å². The molecule has 2 nitrogen and oxygen atoms in total. The Morgan fingerprint density at radius 1 is 1.45 bits per heavy atom. The van der Waals surface area contributed by atoms with Gasteiger partial charge in [0.15, 0.2) is 0 Å². The summed E-state index contributed by atoms with van der Waals surface area (Å²) in [6.07, 6.45) is 4.77. The summed E-state index contributed by atoms with van der Waals surface area (Å²) in [5.41, 5.74) is 1.31. The molecule has 1 atom stereocenters. The minimum absolute atomic E-state index is 0.470. The Morgan fingerprint density at radius 3 is 2.55 bits per heavy atom. The second-order valence-corrected chi connectivity index (χ2v) is 2.53. The van der Waals surface area contributed by atoms with Gasteiger partial charge in [-0.15, -0.1) is 0 Å². The van der Waals surface area contributed by atoms with Crippen molar-refractivity contribution in [3.63, 3.8) is 0 Å². The first kappa shape index (κ1) is 8.21. The molecule has 1 N–H and O–H groups in total. The van der Waals surface area contributed by atoms with Gasteiger partial charge in [0, 0.05) is 18.4 Å². The van der Waals surface area contributed by atoms with Crippen LogP contribution in [0.3, 0.4) is 0 Å². The average Bonchev–Trinajstić information content (AvgIpc) is 2.09. The predicted octanol–water partition coefficient (Wildman–Crippen LogP) is 1.75. The predicted molar refractivity (Wildman–Crippen MR) is 46.3 cm³/mol. The van der Waals surface area contributed by atoms with Gasteiger partial charge in [-0.05, 0) is 31.2 Å². The van der Waals surface area contributed by atoms with Gasteiger partial charge >= 0.3 is 0 Å². The molecular weight excluding hydrogens is 136 g/mol. The van der Waals surface area contributed by atoms with Crippen molar-refractivity contribution < 1.29 is 0 Å². The van der Waals surface area contributed by atoms with Gasteiger partial charge in [0.2, 0.25) is 0 Å². The first-order valence-electron chi connectivity index (χ1n) is 3.95. The molecule has 0 bridgehead atoms. The molecule has 11 heavy (non-hydrogen) atoms. The van der Waals surface area contributed by atoms with Crippen molar-refractivity contribution in [3.05, 3.63) is 30.1 Å². The smallest absolute Gasteiger partial charge is 0.0316 e. The van der Waals surface area contributed by atoms with E-state index >= 15 is 0 Å². The highest BCUT2D eigenvalue weighted by atomic mass is 14.9. The molecule has 1 aromatic rings. The Bertz CT molecular complexity index is 192. The largest absolute Gasteiger partial charge is 0.313 e. The summed E-state index contributed by atoms with van der Waals surface area (Å²) in [5, 5.41) is 3.24. The Morgan fingerprint density at radius 2 is 2.09 bits per heavy atom. The molecule has 0 amide bonds. The van der Waals surface area contributed by atoms with Gasteiger partial charge in [-0.2, -0.15) is 0 Å². The Hall–Kier alpha value is -0.890. The van der Waals surface area contributed by atoms with Crippen LogP contribution in [-0.4, -0.2) is 12.0 Å². The Balaban J connectivity index is 2.74. The zero-order valence-electron chi connectivity index (χ0n) is 7.04. The number of aromatic nitrogens is 1. The summed E-state index contributed by atoms with van der Waals surface area (Å²) >= 11 is 0. The lowest BCUT2D eigenvalue weighted by Gasteiger charge is -2.12. The van der Waals surface area contributed by atoms with Crippen molar-refractivity contribution in [2.75, 3.05) is 7.05 Å². The van der Waals surface area contributed by atoms with Crippen molar-refractivity contribution in [3.8, 4) is 0 Å². The minimum atomic E-state index is 0.470. The molecule has 2 heteroatoms. The maximum Gasteiger partial charge on any atom is 0.0316 e. The molecule has 0 aliphatic carbocycles. The minimum Gasteiger partial charge on any atom is -0.313 e. The molecule has 0 aromatic carbocycles. The summed E-state index contributed by atoms with van der Waals surface area (Å²) in [7, 11) is 1.98. The molecule has 0 radical (unpaired) electrons. The molecule has 1 rings (SSSR count). The van der Waals surface area contributed by atoms with Gasteiger partial charge < -0.3 is 5.32 Å². The van der Waals surface area contributed by atoms with Gasteiger partial charge in [0.25, 0.3) is 0 Å². The maximum atomic E-state index is 3.97. The van der Waals surface area contributed by atoms with E-state index in [0.717, 1.165) is 6.42 Å². The maximum absolute atomic E-state index is 3.97. The lowest BCUT2D eigenvalue weighted by atomic mass is 10.1. The summed E-state index contributed by atoms with van der Waals surface area (Å²) in [6.45, 7) is 2.17. The number of pyridine rings is 1. The second-order valence-electron chi connectivity index (χ2n) is 2.53. The van der Waals surface area contributed by atoms with Gasteiger partial charge in [0.1, 0.15) is 0 Å². The fourth-order valence-electron chi connectivity index (χ4n) is 1.20. The van der Waals surface area contributed by atoms with E-state index in [1.54, 1.807) is 0 Å². The third-order valence-corrected chi connectivity index (χ3v) is 1.87. The lowest BCUT2D eigenvalue weighted by molar-refractivity contribution is 0.576. The lowest BCUT2D eigenvalue weighted by Crippen LogP contribution is -2.14. The highest BCUT2D eigenvalue weighted by molar-refractivity contribution is 5.14. The van der Waals surface area contributed by atoms with Gasteiger partial charge in [-0.25, -0.2) is 0 Å². The normalized spacial score (nSPS) is 12.9. The van der Waals surface area contributed by atoms with E-state index in [2.05, 4.69) is 17.2 Å². The highest BCUT2D eigenvalue weighted by Gasteiger charge is 2.03. The molecule has 1 heterocycles. The van der Waals surface area contributed by atoms with E-state index in [0.29, 0.717) is 6.04 Å². The molecule has 0 unspecified atom stereocenters. The van der Waals surface area contributed by atoms with E-state index < -0.39 is 0 Å². The molecule has 0 aliphatic rings. The van der Waals surface area contributed by atoms with Crippen molar-refractivity contribution in [2.45, 2.75) is 19.4 Å². The van der Waals surface area contributed by atoms with Crippen molar-refractivity contribution >= 4 is 0 Å². The van der Waals surface area contributed by atoms with Crippen LogP contribution in [0, 0.1) is 0 Å². The van der Waals surface area contributed by atoms with Crippen LogP contribution in [0.25, 0.3) is 0 Å². The van der Waals surface area contributed by atoms with Crippen LogP contribution < -0.4 is 5.32 Å². The van der Waals surface area contributed by atoms with Crippen LogP contribution in [0.15, 0.2) is 24.5 Å². The van der Waals surface area contributed by atoms with Gasteiger partial charge in [0.05, 0.1) is 0 Å². The van der Waals surface area contributed by atoms with Gasteiger partial charge in [-0.1, -0.05) is 6.92 Å². The zero-order valence-corrected chi connectivity index (χ0v) is 7.04. The average molecular weight is 150 g/mol. The standard InChI is InChI=1S/C9H14N2/c1-3-9(10-2)8-4-6-11-7-5-8/h4-7,9-10H,3H2,1-2H3/t9-/m1/s1. The van der Waals surface area contributed by atoms with Crippen LogP contribution in [0.5, 0.6) is 0 Å². The fourth-order valence-corrected chi connectivity index (χ4v) is 1.20. The van der Waals surface area contributed by atoms with E-state index in [1.165, 1.54) is 5.56 Å². The van der Waals surface area contributed by atoms with E-state index in [4.69, 9.17) is 0 Å². The zero-order chi connectivity index (χ0) is 8.10. The summed E-state index contributed by atoms with van der Waals surface area (Å²) < 4.78 is 0. The quantitative estimate of drug-likeness (QED) is 0.710. The second kappa shape index (κ2) is 4.09. The topological polar surface area (TPSA) is 24.9 Å². The number of nitrogens with zero attached hydrogens (tertiary/aromatic N) is 1. The number of hydrogen-bond acceptors (Lipinski definition) is 2. The van der Waals surface area contributed by atoms with Crippen molar-refractivity contribution in [1.29, 1.82) is 0 Å². The molecule has 60 valence electrons. The highest BCUT2D eigenvalue weighted by Crippen LogP contribution is 2.13. The first-order chi connectivity index (χ1) is 5.38. The fraction of sp³-hybridized carbons (Fsp3) is 0.444. The van der Waals surface area contributed by atoms with Crippen molar-refractivity contribution in [1.82, 2.24) is 10.3 Å². The molecule has 0 saturated heterocycles. The first-order valence-corrected chi connectivity index (χ1v) is 3.95. The van der Waals surface area contributed by atoms with Gasteiger partial charge in [-0.3, -0.25) is 4.98 Å². The van der Waals surface area contributed by atoms with Crippen LogP contribution >= 0.6 is 0 Å². The molecule has 0 spiro atoms. The molecule has 0 fully saturated rings. The molecule has 1 aromatic heterocycles. The van der Waals surface area contributed by atoms with Crippen LogP contribution in [0.4, 0.5) is 0 Å². The van der Waals surface area contributed by atoms with Crippen molar-refractivity contribution in [2.24, 2.45) is 0 Å². The Labute approximate surface area is 67.7 Å². The van der Waals surface area contributed by atoms with Crippen LogP contribution in [0.2, 0.25) is 0 Å². The van der Waals surface area contributed by atoms with Crippen LogP contribution in [0.1, 0.15) is 24.9 Å². The molecular formula is C9H14N2. The van der Waals surface area contributed by atoms with E-state index in [-0.39, 0.29) is 0 Å². The SMILES string of the molecule is CC[C@@H](NC)c1ccncc1. The summed E-state index contributed by atoms with van der Waals surface area (Å²) in [5.74, 6) is 0.